The van der Waals surface area contributed by atoms with Crippen molar-refractivity contribution in [3.05, 3.63) is 60.7 Å². The highest BCUT2D eigenvalue weighted by Gasteiger charge is 2.10. The number of hydrogen-bond acceptors (Lipinski definition) is 2. The van der Waals surface area contributed by atoms with Gasteiger partial charge in [0.15, 0.2) is 0 Å². The summed E-state index contributed by atoms with van der Waals surface area (Å²) in [6.45, 7) is 0. The Kier molecular flexibility index (Phi) is 2.84. The van der Waals surface area contributed by atoms with Gasteiger partial charge in [-0.05, 0) is 29.1 Å². The Balaban J connectivity index is 2.34. The van der Waals surface area contributed by atoms with E-state index in [2.05, 4.69) is 0 Å². The van der Waals surface area contributed by atoms with E-state index in [0.29, 0.717) is 5.75 Å². The first-order chi connectivity index (χ1) is 9.31. The highest BCUT2D eigenvalue weighted by Crippen LogP contribution is 2.37. The molecule has 0 bridgehead atoms. The van der Waals surface area contributed by atoms with Gasteiger partial charge in [0, 0.05) is 10.9 Å². The first-order valence-corrected chi connectivity index (χ1v) is 6.15. The van der Waals surface area contributed by atoms with Crippen LogP contribution in [-0.2, 0) is 0 Å². The molecule has 94 valence electrons. The van der Waals surface area contributed by atoms with Crippen LogP contribution in [0.3, 0.4) is 0 Å². The number of aromatic hydroxyl groups is 1. The van der Waals surface area contributed by atoms with E-state index in [1.807, 2.05) is 54.6 Å². The molecule has 0 fully saturated rings. The van der Waals surface area contributed by atoms with E-state index in [9.17, 15) is 5.11 Å². The maximum absolute atomic E-state index is 9.94. The van der Waals surface area contributed by atoms with Crippen LogP contribution in [0, 0.1) is 0 Å². The van der Waals surface area contributed by atoms with E-state index in [0.717, 1.165) is 27.6 Å². The van der Waals surface area contributed by atoms with Gasteiger partial charge in [-0.25, -0.2) is 0 Å². The van der Waals surface area contributed by atoms with Crippen molar-refractivity contribution in [1.29, 1.82) is 0 Å². The van der Waals surface area contributed by atoms with E-state index in [4.69, 9.17) is 4.74 Å². The van der Waals surface area contributed by atoms with Crippen LogP contribution < -0.4 is 4.74 Å². The minimum Gasteiger partial charge on any atom is -0.507 e. The van der Waals surface area contributed by atoms with Crippen molar-refractivity contribution in [2.45, 2.75) is 0 Å². The molecule has 1 N–H and O–H groups in total. The third-order valence-corrected chi connectivity index (χ3v) is 3.30. The zero-order chi connectivity index (χ0) is 13.2. The molecule has 3 rings (SSSR count). The summed E-state index contributed by atoms with van der Waals surface area (Å²) in [4.78, 5) is 0. The Hall–Kier alpha value is -2.48. The lowest BCUT2D eigenvalue weighted by atomic mass is 9.97. The molecule has 3 aromatic rings. The predicted octanol–water partition coefficient (Wildman–Crippen LogP) is 4.22. The zero-order valence-corrected chi connectivity index (χ0v) is 10.6. The van der Waals surface area contributed by atoms with Gasteiger partial charge in [0.05, 0.1) is 7.11 Å². The van der Waals surface area contributed by atoms with Gasteiger partial charge in [0.1, 0.15) is 11.5 Å². The summed E-state index contributed by atoms with van der Waals surface area (Å²) in [5.41, 5.74) is 2.09. The van der Waals surface area contributed by atoms with Crippen LogP contribution in [0.4, 0.5) is 0 Å². The second-order valence-electron chi connectivity index (χ2n) is 4.38. The molecule has 0 heterocycles. The summed E-state index contributed by atoms with van der Waals surface area (Å²) >= 11 is 0. The van der Waals surface area contributed by atoms with Crippen LogP contribution in [0.2, 0.25) is 0 Å². The molecule has 0 aromatic heterocycles. The van der Waals surface area contributed by atoms with Crippen LogP contribution in [-0.4, -0.2) is 12.2 Å². The van der Waals surface area contributed by atoms with Gasteiger partial charge in [-0.2, -0.15) is 0 Å². The SMILES string of the molecule is COc1ccccc1-c1ccc(O)c2ccccc12. The number of rotatable bonds is 2. The lowest BCUT2D eigenvalue weighted by molar-refractivity contribution is 0.416. The Morgan fingerprint density at radius 2 is 1.42 bits per heavy atom. The van der Waals surface area contributed by atoms with Crippen molar-refractivity contribution in [2.24, 2.45) is 0 Å². The molecule has 0 aliphatic rings. The van der Waals surface area contributed by atoms with Crippen molar-refractivity contribution in [3.63, 3.8) is 0 Å². The summed E-state index contributed by atoms with van der Waals surface area (Å²) in [7, 11) is 1.67. The topological polar surface area (TPSA) is 29.5 Å². The van der Waals surface area contributed by atoms with Crippen LogP contribution in [0.1, 0.15) is 0 Å². The molecule has 0 radical (unpaired) electrons. The predicted molar refractivity (Wildman–Crippen MR) is 77.6 cm³/mol. The molecule has 2 nitrogen and oxygen atoms in total. The molecule has 3 aromatic carbocycles. The van der Waals surface area contributed by atoms with Crippen molar-refractivity contribution < 1.29 is 9.84 Å². The normalized spacial score (nSPS) is 10.6. The van der Waals surface area contributed by atoms with Crippen LogP contribution in [0.5, 0.6) is 11.5 Å². The smallest absolute Gasteiger partial charge is 0.126 e. The first-order valence-electron chi connectivity index (χ1n) is 6.15. The second-order valence-corrected chi connectivity index (χ2v) is 4.38. The molecular formula is C17H14O2. The fraction of sp³-hybridized carbons (Fsp3) is 0.0588. The molecule has 0 aliphatic heterocycles. The van der Waals surface area contributed by atoms with E-state index in [1.54, 1.807) is 13.2 Å². The molecule has 0 unspecified atom stereocenters. The summed E-state index contributed by atoms with van der Waals surface area (Å²) in [6.07, 6.45) is 0. The minimum absolute atomic E-state index is 0.300. The van der Waals surface area contributed by atoms with Crippen molar-refractivity contribution in [3.8, 4) is 22.6 Å². The van der Waals surface area contributed by atoms with E-state index in [1.165, 1.54) is 0 Å². The van der Waals surface area contributed by atoms with Gasteiger partial charge in [-0.3, -0.25) is 0 Å². The number of methoxy groups -OCH3 is 1. The fourth-order valence-corrected chi connectivity index (χ4v) is 2.39. The molecule has 0 saturated heterocycles. The quantitative estimate of drug-likeness (QED) is 0.737. The molecule has 0 saturated carbocycles. The Morgan fingerprint density at radius 3 is 2.21 bits per heavy atom. The number of hydrogen-bond donors (Lipinski definition) is 1. The zero-order valence-electron chi connectivity index (χ0n) is 10.6. The van der Waals surface area contributed by atoms with Gasteiger partial charge < -0.3 is 9.84 Å². The largest absolute Gasteiger partial charge is 0.507 e. The number of phenols is 1. The highest BCUT2D eigenvalue weighted by atomic mass is 16.5. The Morgan fingerprint density at radius 1 is 0.737 bits per heavy atom. The van der Waals surface area contributed by atoms with Crippen LogP contribution in [0.25, 0.3) is 21.9 Å². The standard InChI is InChI=1S/C17H14O2/c1-19-17-9-5-4-8-15(17)13-10-11-16(18)14-7-3-2-6-12(13)14/h2-11,18H,1H3. The second kappa shape index (κ2) is 4.65. The molecular weight excluding hydrogens is 236 g/mol. The van der Waals surface area contributed by atoms with Crippen molar-refractivity contribution in [2.75, 3.05) is 7.11 Å². The Bertz CT molecular complexity index is 732. The monoisotopic (exact) mass is 250 g/mol. The number of phenolic OH excluding ortho intramolecular Hbond substituents is 1. The summed E-state index contributed by atoms with van der Waals surface area (Å²) in [5, 5.41) is 11.8. The van der Waals surface area contributed by atoms with Gasteiger partial charge in [0.25, 0.3) is 0 Å². The van der Waals surface area contributed by atoms with Gasteiger partial charge in [0.2, 0.25) is 0 Å². The van der Waals surface area contributed by atoms with Crippen molar-refractivity contribution in [1.82, 2.24) is 0 Å². The van der Waals surface area contributed by atoms with E-state index < -0.39 is 0 Å². The molecule has 19 heavy (non-hydrogen) atoms. The third-order valence-electron chi connectivity index (χ3n) is 3.30. The molecule has 0 atom stereocenters. The fourth-order valence-electron chi connectivity index (χ4n) is 2.39. The van der Waals surface area contributed by atoms with Gasteiger partial charge in [-0.1, -0.05) is 42.5 Å². The Labute approximate surface area is 111 Å². The average Bonchev–Trinajstić information content (AvgIpc) is 2.48. The van der Waals surface area contributed by atoms with Crippen molar-refractivity contribution >= 4 is 10.8 Å². The van der Waals surface area contributed by atoms with E-state index in [-0.39, 0.29) is 0 Å². The number of benzene rings is 3. The maximum Gasteiger partial charge on any atom is 0.126 e. The number of fused-ring (bicyclic) bond motifs is 1. The van der Waals surface area contributed by atoms with Gasteiger partial charge >= 0.3 is 0 Å². The maximum atomic E-state index is 9.94. The number of para-hydroxylation sites is 1. The third kappa shape index (κ3) is 1.91. The molecule has 2 heteroatoms. The molecule has 0 spiro atoms. The summed E-state index contributed by atoms with van der Waals surface area (Å²) in [5.74, 6) is 1.13. The van der Waals surface area contributed by atoms with Crippen LogP contribution in [0.15, 0.2) is 60.7 Å². The van der Waals surface area contributed by atoms with Gasteiger partial charge in [-0.15, -0.1) is 0 Å². The highest BCUT2D eigenvalue weighted by molar-refractivity contribution is 6.00. The minimum atomic E-state index is 0.300. The van der Waals surface area contributed by atoms with E-state index >= 15 is 0 Å². The molecule has 0 aliphatic carbocycles. The first kappa shape index (κ1) is 11.6. The molecule has 0 amide bonds. The lowest BCUT2D eigenvalue weighted by Crippen LogP contribution is -1.88. The summed E-state index contributed by atoms with van der Waals surface area (Å²) in [6, 6.07) is 19.4. The number of ether oxygens (including phenoxy) is 1. The summed E-state index contributed by atoms with van der Waals surface area (Å²) < 4.78 is 5.42. The van der Waals surface area contributed by atoms with Crippen LogP contribution >= 0.6 is 0 Å². The average molecular weight is 250 g/mol. The lowest BCUT2D eigenvalue weighted by Gasteiger charge is -2.11.